The molecule has 3 aromatic heterocycles. The van der Waals surface area contributed by atoms with Crippen LogP contribution in [0.4, 0.5) is 0 Å². The zero-order valence-corrected chi connectivity index (χ0v) is 23.4. The first-order valence-electron chi connectivity index (χ1n) is 13.2. The molecule has 13 heteroatoms. The Morgan fingerprint density at radius 3 is 2.88 bits per heavy atom. The minimum absolute atomic E-state index is 0.00609. The predicted molar refractivity (Wildman–Crippen MR) is 149 cm³/mol. The molecule has 1 fully saturated rings. The van der Waals surface area contributed by atoms with Gasteiger partial charge in [-0.1, -0.05) is 17.7 Å². The first-order valence-corrected chi connectivity index (χ1v) is 15.0. The number of pyridine rings is 1. The summed E-state index contributed by atoms with van der Waals surface area (Å²) in [5.41, 5.74) is 1.26. The molecular formula is C27H29ClN6O5S. The first kappa shape index (κ1) is 26.8. The van der Waals surface area contributed by atoms with Crippen molar-refractivity contribution in [2.75, 3.05) is 19.6 Å². The van der Waals surface area contributed by atoms with Gasteiger partial charge in [0.2, 0.25) is 5.56 Å². The molecule has 5 heterocycles. The van der Waals surface area contributed by atoms with Crippen molar-refractivity contribution >= 4 is 38.4 Å². The van der Waals surface area contributed by atoms with Crippen LogP contribution in [0.1, 0.15) is 35.5 Å². The fraction of sp³-hybridized carbons (Fsp3) is 0.370. The largest absolute Gasteiger partial charge is 0.436 e. The predicted octanol–water partition coefficient (Wildman–Crippen LogP) is 2.61. The molecule has 210 valence electrons. The summed E-state index contributed by atoms with van der Waals surface area (Å²) >= 11 is 6.09. The number of halogens is 1. The lowest BCUT2D eigenvalue weighted by Crippen LogP contribution is -2.56. The summed E-state index contributed by atoms with van der Waals surface area (Å²) in [5, 5.41) is 4.56. The molecule has 40 heavy (non-hydrogen) atoms. The van der Waals surface area contributed by atoms with Crippen molar-refractivity contribution in [3.63, 3.8) is 0 Å². The van der Waals surface area contributed by atoms with Gasteiger partial charge in [-0.05, 0) is 43.7 Å². The molecule has 2 atom stereocenters. The van der Waals surface area contributed by atoms with Gasteiger partial charge in [-0.15, -0.1) is 0 Å². The van der Waals surface area contributed by atoms with E-state index in [1.54, 1.807) is 52.1 Å². The Morgan fingerprint density at radius 1 is 1.20 bits per heavy atom. The third kappa shape index (κ3) is 5.07. The molecule has 0 aliphatic carbocycles. The average Bonchev–Trinajstić information content (AvgIpc) is 3.56. The molecule has 0 radical (unpaired) electrons. The van der Waals surface area contributed by atoms with Crippen molar-refractivity contribution in [3.8, 4) is 0 Å². The van der Waals surface area contributed by atoms with E-state index >= 15 is 0 Å². The maximum absolute atomic E-state index is 13.7. The van der Waals surface area contributed by atoms with Crippen molar-refractivity contribution in [2.45, 2.75) is 50.0 Å². The summed E-state index contributed by atoms with van der Waals surface area (Å²) in [7, 11) is -3.90. The van der Waals surface area contributed by atoms with Crippen LogP contribution < -0.4 is 10.9 Å². The summed E-state index contributed by atoms with van der Waals surface area (Å²) < 4.78 is 36.2. The molecular weight excluding hydrogens is 556 g/mol. The Kier molecular flexibility index (Phi) is 7.03. The fourth-order valence-electron chi connectivity index (χ4n) is 5.37. The number of sulfonamides is 1. The molecule has 2 unspecified atom stereocenters. The average molecular weight is 585 g/mol. The van der Waals surface area contributed by atoms with Crippen LogP contribution >= 0.6 is 11.6 Å². The van der Waals surface area contributed by atoms with Crippen LogP contribution in [-0.2, 0) is 29.5 Å². The second kappa shape index (κ2) is 10.5. The second-order valence-electron chi connectivity index (χ2n) is 10.3. The number of carbonyl (C=O) groups is 1. The molecule has 1 aromatic carbocycles. The number of aromatic amines is 1. The Bertz CT molecular complexity index is 1750. The molecule has 2 N–H and O–H groups in total. The van der Waals surface area contributed by atoms with Gasteiger partial charge in [-0.2, -0.15) is 4.31 Å². The Labute approximate surface area is 235 Å². The van der Waals surface area contributed by atoms with Crippen molar-refractivity contribution in [3.05, 3.63) is 81.4 Å². The van der Waals surface area contributed by atoms with Gasteiger partial charge in [0.1, 0.15) is 10.8 Å². The zero-order valence-electron chi connectivity index (χ0n) is 21.8. The molecule has 0 bridgehead atoms. The van der Waals surface area contributed by atoms with Crippen molar-refractivity contribution in [1.29, 1.82) is 0 Å². The third-order valence-corrected chi connectivity index (χ3v) is 9.58. The highest BCUT2D eigenvalue weighted by molar-refractivity contribution is 7.89. The number of aryl methyl sites for hydroxylation is 1. The maximum Gasteiger partial charge on any atom is 0.310 e. The normalized spacial score (nSPS) is 20.1. The van der Waals surface area contributed by atoms with E-state index in [4.69, 9.17) is 16.0 Å². The number of hydrogen-bond donors (Lipinski definition) is 2. The highest BCUT2D eigenvalue weighted by atomic mass is 35.5. The topological polar surface area (TPSA) is 134 Å². The number of fused-ring (bicyclic) bond motifs is 2. The first-order chi connectivity index (χ1) is 19.2. The Morgan fingerprint density at radius 2 is 2.05 bits per heavy atom. The van der Waals surface area contributed by atoms with E-state index < -0.39 is 16.1 Å². The van der Waals surface area contributed by atoms with Crippen LogP contribution in [0.25, 0.3) is 10.9 Å². The smallest absolute Gasteiger partial charge is 0.310 e. The number of nitrogens with zero attached hydrogens (tertiary/aromatic N) is 4. The number of piperazine rings is 1. The van der Waals surface area contributed by atoms with Gasteiger partial charge in [-0.3, -0.25) is 9.59 Å². The summed E-state index contributed by atoms with van der Waals surface area (Å²) in [5.74, 6) is 0.269. The number of carbonyl (C=O) groups excluding carboxylic acids is 1. The van der Waals surface area contributed by atoms with Crippen molar-refractivity contribution in [2.24, 2.45) is 0 Å². The summed E-state index contributed by atoms with van der Waals surface area (Å²) in [6.45, 7) is 3.17. The SMILES string of the molecule is CC1Cc2nc(C(=O)N3CCN(S(=O)(=O)c4cc5cc(Cl)ccc5[nH]4)CC3CCn3ccccc3=O)oc2CN1. The minimum atomic E-state index is -3.90. The van der Waals surface area contributed by atoms with E-state index in [9.17, 15) is 18.0 Å². The number of benzene rings is 1. The van der Waals surface area contributed by atoms with Crippen LogP contribution in [0.2, 0.25) is 5.02 Å². The highest BCUT2D eigenvalue weighted by Crippen LogP contribution is 2.27. The van der Waals surface area contributed by atoms with Gasteiger partial charge in [0.15, 0.2) is 0 Å². The van der Waals surface area contributed by atoms with E-state index in [0.717, 1.165) is 5.69 Å². The van der Waals surface area contributed by atoms with E-state index in [0.29, 0.717) is 47.6 Å². The highest BCUT2D eigenvalue weighted by Gasteiger charge is 2.39. The van der Waals surface area contributed by atoms with E-state index in [2.05, 4.69) is 15.3 Å². The quantitative estimate of drug-likeness (QED) is 0.356. The van der Waals surface area contributed by atoms with Crippen molar-refractivity contribution < 1.29 is 17.6 Å². The van der Waals surface area contributed by atoms with Crippen LogP contribution in [0, 0.1) is 0 Å². The number of aromatic nitrogens is 3. The van der Waals surface area contributed by atoms with Gasteiger partial charge in [0.25, 0.3) is 15.9 Å². The fourth-order valence-corrected chi connectivity index (χ4v) is 7.04. The molecule has 1 amide bonds. The molecule has 4 aromatic rings. The number of oxazole rings is 1. The van der Waals surface area contributed by atoms with Gasteiger partial charge < -0.3 is 24.2 Å². The van der Waals surface area contributed by atoms with Gasteiger partial charge in [0.05, 0.1) is 12.2 Å². The molecule has 2 aliphatic heterocycles. The van der Waals surface area contributed by atoms with Crippen LogP contribution in [0.3, 0.4) is 0 Å². The van der Waals surface area contributed by atoms with Crippen LogP contribution in [0.5, 0.6) is 0 Å². The zero-order chi connectivity index (χ0) is 28.0. The molecule has 11 nitrogen and oxygen atoms in total. The number of rotatable bonds is 6. The van der Waals surface area contributed by atoms with Crippen LogP contribution in [0.15, 0.2) is 62.9 Å². The number of amides is 1. The van der Waals surface area contributed by atoms with Crippen LogP contribution in [-0.4, -0.2) is 69.8 Å². The standard InChI is InChI=1S/C27H29ClN6O5S/c1-17-12-22-23(15-29-17)39-26(31-22)27(36)34-11-10-33(16-20(34)7-9-32-8-3-2-4-25(32)35)40(37,38)24-14-18-13-19(28)5-6-21(18)30-24/h2-6,8,13-14,17,20,29-30H,7,9-12,15-16H2,1H3. The Hall–Kier alpha value is -3.45. The molecule has 6 rings (SSSR count). The van der Waals surface area contributed by atoms with Gasteiger partial charge in [-0.25, -0.2) is 13.4 Å². The molecule has 1 saturated heterocycles. The molecule has 2 aliphatic rings. The number of H-pyrrole nitrogens is 1. The van der Waals surface area contributed by atoms with E-state index in [1.807, 2.05) is 6.92 Å². The van der Waals surface area contributed by atoms with Gasteiger partial charge >= 0.3 is 5.91 Å². The second-order valence-corrected chi connectivity index (χ2v) is 12.6. The number of nitrogens with one attached hydrogen (secondary N) is 2. The van der Waals surface area contributed by atoms with Gasteiger partial charge in [0, 0.05) is 72.9 Å². The lowest BCUT2D eigenvalue weighted by molar-refractivity contribution is 0.0502. The molecule has 0 spiro atoms. The lowest BCUT2D eigenvalue weighted by Gasteiger charge is -2.40. The summed E-state index contributed by atoms with van der Waals surface area (Å²) in [4.78, 5) is 35.1. The lowest BCUT2D eigenvalue weighted by atomic mass is 10.1. The third-order valence-electron chi connectivity index (χ3n) is 7.56. The monoisotopic (exact) mass is 584 g/mol. The van der Waals surface area contributed by atoms with Crippen molar-refractivity contribution in [1.82, 2.24) is 29.1 Å². The van der Waals surface area contributed by atoms with E-state index in [-0.39, 0.29) is 48.1 Å². The summed E-state index contributed by atoms with van der Waals surface area (Å²) in [6, 6.07) is 11.3. The molecule has 0 saturated carbocycles. The van der Waals surface area contributed by atoms with E-state index in [1.165, 1.54) is 10.4 Å². The Balaban J connectivity index is 1.28. The minimum Gasteiger partial charge on any atom is -0.436 e. The maximum atomic E-state index is 13.7. The number of hydrogen-bond acceptors (Lipinski definition) is 7. The summed E-state index contributed by atoms with van der Waals surface area (Å²) in [6.07, 6.45) is 2.70.